The smallest absolute Gasteiger partial charge is 0.00389 e. The van der Waals surface area contributed by atoms with Gasteiger partial charge in [-0.2, -0.15) is 0 Å². The summed E-state index contributed by atoms with van der Waals surface area (Å²) in [4.78, 5) is 0. The predicted octanol–water partition coefficient (Wildman–Crippen LogP) is 2.28. The molecule has 0 aromatic rings. The molecule has 0 aromatic heterocycles. The van der Waals surface area contributed by atoms with Gasteiger partial charge >= 0.3 is 0 Å². The van der Waals surface area contributed by atoms with Crippen LogP contribution in [0.4, 0.5) is 0 Å². The van der Waals surface area contributed by atoms with Gasteiger partial charge in [0.05, 0.1) is 0 Å². The van der Waals surface area contributed by atoms with Gasteiger partial charge in [0.1, 0.15) is 0 Å². The van der Waals surface area contributed by atoms with Crippen LogP contribution in [0.2, 0.25) is 0 Å². The molecule has 0 spiro atoms. The zero-order valence-electron chi connectivity index (χ0n) is 9.81. The lowest BCUT2D eigenvalue weighted by Crippen LogP contribution is -2.47. The fourth-order valence-electron chi connectivity index (χ4n) is 2.13. The molecule has 1 unspecified atom stereocenters. The normalized spacial score (nSPS) is 21.6. The van der Waals surface area contributed by atoms with Crippen molar-refractivity contribution < 1.29 is 0 Å². The number of unbranched alkanes of at least 4 members (excludes halogenated alkanes) is 1. The number of rotatable bonds is 7. The van der Waals surface area contributed by atoms with Crippen LogP contribution >= 0.6 is 0 Å². The maximum absolute atomic E-state index is 5.82. The van der Waals surface area contributed by atoms with Crippen LogP contribution in [0.5, 0.6) is 0 Å². The molecule has 0 aromatic carbocycles. The Kier molecular flexibility index (Phi) is 4.90. The fraction of sp³-hybridized carbons (Fsp3) is 1.00. The van der Waals surface area contributed by atoms with Crippen molar-refractivity contribution in [3.8, 4) is 0 Å². The number of nitrogens with two attached hydrogens (primary N) is 1. The summed E-state index contributed by atoms with van der Waals surface area (Å²) >= 11 is 0. The molecule has 1 atom stereocenters. The summed E-state index contributed by atoms with van der Waals surface area (Å²) in [6.45, 7) is 6.54. The van der Waals surface area contributed by atoms with E-state index in [-0.39, 0.29) is 0 Å². The lowest BCUT2D eigenvalue weighted by atomic mass is 9.68. The first kappa shape index (κ1) is 12.0. The summed E-state index contributed by atoms with van der Waals surface area (Å²) < 4.78 is 0. The van der Waals surface area contributed by atoms with Crippen molar-refractivity contribution in [3.05, 3.63) is 0 Å². The van der Waals surface area contributed by atoms with Crippen molar-refractivity contribution in [3.63, 3.8) is 0 Å². The quantitative estimate of drug-likeness (QED) is 0.658. The Morgan fingerprint density at radius 2 is 2.14 bits per heavy atom. The predicted molar refractivity (Wildman–Crippen MR) is 62.3 cm³/mol. The molecule has 84 valence electrons. The van der Waals surface area contributed by atoms with Gasteiger partial charge in [-0.25, -0.2) is 0 Å². The Balaban J connectivity index is 2.12. The van der Waals surface area contributed by atoms with Gasteiger partial charge < -0.3 is 11.1 Å². The molecule has 0 bridgehead atoms. The van der Waals surface area contributed by atoms with Gasteiger partial charge in [0.2, 0.25) is 0 Å². The highest BCUT2D eigenvalue weighted by molar-refractivity contribution is 4.90. The van der Waals surface area contributed by atoms with Gasteiger partial charge in [-0.15, -0.1) is 0 Å². The summed E-state index contributed by atoms with van der Waals surface area (Å²) in [5.41, 5.74) is 6.27. The van der Waals surface area contributed by atoms with Crippen molar-refractivity contribution in [2.75, 3.05) is 13.1 Å². The van der Waals surface area contributed by atoms with E-state index < -0.39 is 0 Å². The van der Waals surface area contributed by atoms with Crippen LogP contribution in [0.3, 0.4) is 0 Å². The second-order valence-corrected chi connectivity index (χ2v) is 4.98. The van der Waals surface area contributed by atoms with E-state index in [2.05, 4.69) is 19.2 Å². The van der Waals surface area contributed by atoms with E-state index in [9.17, 15) is 0 Å². The van der Waals surface area contributed by atoms with Crippen molar-refractivity contribution >= 4 is 0 Å². The Bertz CT molecular complexity index is 147. The molecule has 3 N–H and O–H groups in total. The topological polar surface area (TPSA) is 38.0 Å². The average molecular weight is 198 g/mol. The van der Waals surface area contributed by atoms with Crippen LogP contribution in [0.15, 0.2) is 0 Å². The van der Waals surface area contributed by atoms with Gasteiger partial charge in [-0.3, -0.25) is 0 Å². The van der Waals surface area contributed by atoms with E-state index in [1.807, 2.05) is 0 Å². The number of hydrogen-bond donors (Lipinski definition) is 2. The minimum atomic E-state index is 0.459. The van der Waals surface area contributed by atoms with Crippen LogP contribution in [-0.4, -0.2) is 19.1 Å². The lowest BCUT2D eigenvalue weighted by molar-refractivity contribution is 0.136. The van der Waals surface area contributed by atoms with Gasteiger partial charge in [0, 0.05) is 12.6 Å². The third-order valence-electron chi connectivity index (χ3n) is 3.66. The van der Waals surface area contributed by atoms with Crippen molar-refractivity contribution in [2.45, 2.75) is 58.4 Å². The van der Waals surface area contributed by atoms with Crippen LogP contribution in [0.1, 0.15) is 52.4 Å². The molecule has 2 nitrogen and oxygen atoms in total. The first-order chi connectivity index (χ1) is 6.72. The third-order valence-corrected chi connectivity index (χ3v) is 3.66. The summed E-state index contributed by atoms with van der Waals surface area (Å²) in [5.74, 6) is 0. The molecule has 1 fully saturated rings. The van der Waals surface area contributed by atoms with Crippen molar-refractivity contribution in [2.24, 2.45) is 11.1 Å². The SMILES string of the molecule is CCCCC(C)NCC1(CN)CCC1. The highest BCUT2D eigenvalue weighted by atomic mass is 14.9. The van der Waals surface area contributed by atoms with E-state index in [4.69, 9.17) is 5.73 Å². The number of hydrogen-bond acceptors (Lipinski definition) is 2. The highest BCUT2D eigenvalue weighted by Crippen LogP contribution is 2.39. The number of nitrogens with one attached hydrogen (secondary N) is 1. The molecule has 0 radical (unpaired) electrons. The monoisotopic (exact) mass is 198 g/mol. The van der Waals surface area contributed by atoms with Gasteiger partial charge in [-0.1, -0.05) is 26.2 Å². The third kappa shape index (κ3) is 3.25. The first-order valence-electron chi connectivity index (χ1n) is 6.16. The molecule has 1 rings (SSSR count). The molecule has 1 aliphatic carbocycles. The van der Waals surface area contributed by atoms with Crippen LogP contribution < -0.4 is 11.1 Å². The molecule has 1 saturated carbocycles. The molecular formula is C12H26N2. The van der Waals surface area contributed by atoms with E-state index >= 15 is 0 Å². The first-order valence-corrected chi connectivity index (χ1v) is 6.16. The van der Waals surface area contributed by atoms with E-state index in [0.717, 1.165) is 13.1 Å². The summed E-state index contributed by atoms with van der Waals surface area (Å²) in [6.07, 6.45) is 7.98. The van der Waals surface area contributed by atoms with Gasteiger partial charge in [-0.05, 0) is 38.1 Å². The Morgan fingerprint density at radius 3 is 2.57 bits per heavy atom. The second-order valence-electron chi connectivity index (χ2n) is 4.98. The van der Waals surface area contributed by atoms with E-state index in [0.29, 0.717) is 11.5 Å². The zero-order valence-corrected chi connectivity index (χ0v) is 9.81. The summed E-state index contributed by atoms with van der Waals surface area (Å²) in [5, 5.41) is 3.63. The lowest BCUT2D eigenvalue weighted by Gasteiger charge is -2.42. The minimum absolute atomic E-state index is 0.459. The zero-order chi connectivity index (χ0) is 10.4. The summed E-state index contributed by atoms with van der Waals surface area (Å²) in [6, 6.07) is 0.666. The molecule has 14 heavy (non-hydrogen) atoms. The van der Waals surface area contributed by atoms with Crippen LogP contribution in [-0.2, 0) is 0 Å². The maximum Gasteiger partial charge on any atom is 0.00389 e. The van der Waals surface area contributed by atoms with E-state index in [1.54, 1.807) is 0 Å². The standard InChI is InChI=1S/C12H26N2/c1-3-4-6-11(2)14-10-12(9-13)7-5-8-12/h11,14H,3-10,13H2,1-2H3. The molecule has 1 aliphatic rings. The molecule has 0 saturated heterocycles. The second kappa shape index (κ2) is 5.72. The average Bonchev–Trinajstić information content (AvgIpc) is 2.14. The van der Waals surface area contributed by atoms with Crippen molar-refractivity contribution in [1.29, 1.82) is 0 Å². The summed E-state index contributed by atoms with van der Waals surface area (Å²) in [7, 11) is 0. The van der Waals surface area contributed by atoms with Crippen molar-refractivity contribution in [1.82, 2.24) is 5.32 Å². The molecule has 2 heteroatoms. The molecule has 0 heterocycles. The Labute approximate surface area is 88.6 Å². The Morgan fingerprint density at radius 1 is 1.43 bits per heavy atom. The molecule has 0 aliphatic heterocycles. The van der Waals surface area contributed by atoms with Gasteiger partial charge in [0.15, 0.2) is 0 Å². The Hall–Kier alpha value is -0.0800. The maximum atomic E-state index is 5.82. The van der Waals surface area contributed by atoms with Crippen LogP contribution in [0, 0.1) is 5.41 Å². The minimum Gasteiger partial charge on any atom is -0.330 e. The molecule has 0 amide bonds. The highest BCUT2D eigenvalue weighted by Gasteiger charge is 2.35. The fourth-order valence-corrected chi connectivity index (χ4v) is 2.13. The van der Waals surface area contributed by atoms with E-state index in [1.165, 1.54) is 38.5 Å². The molecular weight excluding hydrogens is 172 g/mol. The largest absolute Gasteiger partial charge is 0.330 e. The van der Waals surface area contributed by atoms with Gasteiger partial charge in [0.25, 0.3) is 0 Å². The van der Waals surface area contributed by atoms with Crippen LogP contribution in [0.25, 0.3) is 0 Å².